The number of Topliss-reactive ketones (excluding diaryl/α,β-unsaturated/α-hetero) is 1. The van der Waals surface area contributed by atoms with Crippen LogP contribution in [0.3, 0.4) is 0 Å². The van der Waals surface area contributed by atoms with Crippen molar-refractivity contribution in [2.45, 2.75) is 58.2 Å². The minimum atomic E-state index is -1.47. The lowest BCUT2D eigenvalue weighted by Crippen LogP contribution is -2.49. The van der Waals surface area contributed by atoms with Crippen LogP contribution in [0.1, 0.15) is 46.5 Å². The summed E-state index contributed by atoms with van der Waals surface area (Å²) < 4.78 is 19.3. The number of fused-ring (bicyclic) bond motifs is 2. The lowest BCUT2D eigenvalue weighted by molar-refractivity contribution is -0.171. The highest BCUT2D eigenvalue weighted by molar-refractivity contribution is 5.87. The molecule has 1 unspecified atom stereocenters. The van der Waals surface area contributed by atoms with E-state index in [1.165, 1.54) is 0 Å². The van der Waals surface area contributed by atoms with Gasteiger partial charge in [-0.1, -0.05) is 6.42 Å². The molecule has 2 aliphatic rings. The first kappa shape index (κ1) is 13.5. The van der Waals surface area contributed by atoms with E-state index in [0.29, 0.717) is 6.42 Å². The molecule has 0 aliphatic heterocycles. The molecule has 2 fully saturated rings. The number of hydrogen-bond donors (Lipinski definition) is 0. The SMILES string of the molecule is CC(C)(C)OC(=O)C1[C@@H]2CCC[C@H]1[C@H](F)C(=O)C2. The highest BCUT2D eigenvalue weighted by Crippen LogP contribution is 2.45. The van der Waals surface area contributed by atoms with E-state index in [-0.39, 0.29) is 24.1 Å². The maximum absolute atomic E-state index is 13.9. The van der Waals surface area contributed by atoms with Crippen LogP contribution < -0.4 is 0 Å². The lowest BCUT2D eigenvalue weighted by Gasteiger charge is -2.42. The molecule has 0 heterocycles. The van der Waals surface area contributed by atoms with Crippen LogP contribution in [0.15, 0.2) is 0 Å². The molecule has 2 bridgehead atoms. The zero-order chi connectivity index (χ0) is 13.5. The molecule has 2 rings (SSSR count). The van der Waals surface area contributed by atoms with Crippen molar-refractivity contribution >= 4 is 11.8 Å². The molecule has 0 radical (unpaired) electrons. The van der Waals surface area contributed by atoms with Crippen LogP contribution in [0.5, 0.6) is 0 Å². The van der Waals surface area contributed by atoms with E-state index in [0.717, 1.165) is 12.8 Å². The van der Waals surface area contributed by atoms with E-state index in [9.17, 15) is 14.0 Å². The minimum Gasteiger partial charge on any atom is -0.460 e. The van der Waals surface area contributed by atoms with Gasteiger partial charge in [0.25, 0.3) is 0 Å². The minimum absolute atomic E-state index is 0.0156. The number of carbonyl (C=O) groups excluding carboxylic acids is 2. The van der Waals surface area contributed by atoms with Gasteiger partial charge >= 0.3 is 5.97 Å². The van der Waals surface area contributed by atoms with E-state index in [1.54, 1.807) is 0 Å². The molecule has 0 amide bonds. The fourth-order valence-corrected chi connectivity index (χ4v) is 3.23. The number of alkyl halides is 1. The Labute approximate surface area is 107 Å². The highest BCUT2D eigenvalue weighted by atomic mass is 19.1. The van der Waals surface area contributed by atoms with Gasteiger partial charge in [0, 0.05) is 12.3 Å². The lowest BCUT2D eigenvalue weighted by atomic mass is 9.63. The summed E-state index contributed by atoms with van der Waals surface area (Å²) in [5, 5.41) is 0. The van der Waals surface area contributed by atoms with Crippen molar-refractivity contribution in [2.24, 2.45) is 17.8 Å². The van der Waals surface area contributed by atoms with Gasteiger partial charge in [0.15, 0.2) is 12.0 Å². The molecule has 0 saturated heterocycles. The predicted molar refractivity (Wildman–Crippen MR) is 64.7 cm³/mol. The van der Waals surface area contributed by atoms with Gasteiger partial charge in [0.1, 0.15) is 5.60 Å². The van der Waals surface area contributed by atoms with Crippen LogP contribution in [-0.2, 0) is 14.3 Å². The molecular formula is C14H21FO3. The summed E-state index contributed by atoms with van der Waals surface area (Å²) in [5.41, 5.74) is -0.557. The van der Waals surface area contributed by atoms with Crippen LogP contribution in [-0.4, -0.2) is 23.5 Å². The van der Waals surface area contributed by atoms with Gasteiger partial charge in [0.05, 0.1) is 5.92 Å². The number of rotatable bonds is 1. The molecule has 4 atom stereocenters. The van der Waals surface area contributed by atoms with E-state index >= 15 is 0 Å². The molecular weight excluding hydrogens is 235 g/mol. The fraction of sp³-hybridized carbons (Fsp3) is 0.857. The Hall–Kier alpha value is -0.930. The number of hydrogen-bond acceptors (Lipinski definition) is 3. The number of esters is 1. The topological polar surface area (TPSA) is 43.4 Å². The quantitative estimate of drug-likeness (QED) is 0.677. The summed E-state index contributed by atoms with van der Waals surface area (Å²) >= 11 is 0. The molecule has 0 aromatic carbocycles. The Kier molecular flexibility index (Phi) is 3.47. The van der Waals surface area contributed by atoms with Gasteiger partial charge in [-0.3, -0.25) is 9.59 Å². The van der Waals surface area contributed by atoms with Crippen molar-refractivity contribution in [3.8, 4) is 0 Å². The van der Waals surface area contributed by atoms with Crippen LogP contribution in [0.2, 0.25) is 0 Å². The Morgan fingerprint density at radius 3 is 2.61 bits per heavy atom. The van der Waals surface area contributed by atoms with E-state index in [2.05, 4.69) is 0 Å². The summed E-state index contributed by atoms with van der Waals surface area (Å²) in [6.45, 7) is 5.42. The first-order valence-corrected chi connectivity index (χ1v) is 6.69. The molecule has 3 nitrogen and oxygen atoms in total. The monoisotopic (exact) mass is 256 g/mol. The molecule has 18 heavy (non-hydrogen) atoms. The first-order chi connectivity index (χ1) is 8.29. The zero-order valence-corrected chi connectivity index (χ0v) is 11.2. The Balaban J connectivity index is 2.16. The largest absolute Gasteiger partial charge is 0.460 e. The second-order valence-electron chi connectivity index (χ2n) is 6.49. The molecule has 2 aliphatic carbocycles. The van der Waals surface area contributed by atoms with Gasteiger partial charge in [-0.05, 0) is 39.5 Å². The second-order valence-corrected chi connectivity index (χ2v) is 6.49. The average molecular weight is 256 g/mol. The molecule has 0 aromatic heterocycles. The maximum atomic E-state index is 13.9. The van der Waals surface area contributed by atoms with Crippen molar-refractivity contribution < 1.29 is 18.7 Å². The first-order valence-electron chi connectivity index (χ1n) is 6.69. The number of halogens is 1. The Morgan fingerprint density at radius 2 is 2.00 bits per heavy atom. The maximum Gasteiger partial charge on any atom is 0.310 e. The van der Waals surface area contributed by atoms with Crippen molar-refractivity contribution in [1.82, 2.24) is 0 Å². The average Bonchev–Trinajstić information content (AvgIpc) is 2.23. The van der Waals surface area contributed by atoms with Crippen molar-refractivity contribution in [3.63, 3.8) is 0 Å². The van der Waals surface area contributed by atoms with Gasteiger partial charge in [-0.2, -0.15) is 0 Å². The predicted octanol–water partition coefficient (Wildman–Crippen LogP) is 2.67. The summed E-state index contributed by atoms with van der Waals surface area (Å²) in [6, 6.07) is 0. The van der Waals surface area contributed by atoms with E-state index in [4.69, 9.17) is 4.74 Å². The van der Waals surface area contributed by atoms with Crippen molar-refractivity contribution in [3.05, 3.63) is 0 Å². The van der Waals surface area contributed by atoms with Crippen LogP contribution in [0.25, 0.3) is 0 Å². The Bertz CT molecular complexity index is 359. The Morgan fingerprint density at radius 1 is 1.33 bits per heavy atom. The van der Waals surface area contributed by atoms with Crippen LogP contribution in [0, 0.1) is 17.8 Å². The van der Waals surface area contributed by atoms with Crippen molar-refractivity contribution in [1.29, 1.82) is 0 Å². The third kappa shape index (κ3) is 2.57. The smallest absolute Gasteiger partial charge is 0.310 e. The molecule has 0 N–H and O–H groups in total. The van der Waals surface area contributed by atoms with Gasteiger partial charge in [-0.25, -0.2) is 4.39 Å². The second kappa shape index (κ2) is 4.63. The standard InChI is InChI=1S/C14H21FO3/c1-14(2,3)18-13(17)11-8-5-4-6-9(11)12(15)10(16)7-8/h8-9,11-12H,4-7H2,1-3H3/t8-,9-,11?,12+/m1/s1. The summed E-state index contributed by atoms with van der Waals surface area (Å²) in [7, 11) is 0. The van der Waals surface area contributed by atoms with Gasteiger partial charge in [-0.15, -0.1) is 0 Å². The molecule has 4 heteroatoms. The number of carbonyl (C=O) groups is 2. The van der Waals surface area contributed by atoms with Crippen molar-refractivity contribution in [2.75, 3.05) is 0 Å². The number of ether oxygens (including phenoxy) is 1. The summed E-state index contributed by atoms with van der Waals surface area (Å²) in [5.74, 6) is -1.56. The normalized spacial score (nSPS) is 36.3. The number of ketones is 1. The zero-order valence-electron chi connectivity index (χ0n) is 11.2. The fourth-order valence-electron chi connectivity index (χ4n) is 3.23. The van der Waals surface area contributed by atoms with Crippen LogP contribution >= 0.6 is 0 Å². The molecule has 2 saturated carbocycles. The van der Waals surface area contributed by atoms with Crippen LogP contribution in [0.4, 0.5) is 4.39 Å². The third-order valence-corrected chi connectivity index (χ3v) is 3.91. The third-order valence-electron chi connectivity index (χ3n) is 3.91. The summed E-state index contributed by atoms with van der Waals surface area (Å²) in [6.07, 6.45) is 1.08. The molecule has 0 spiro atoms. The molecule has 0 aromatic rings. The van der Waals surface area contributed by atoms with Gasteiger partial charge in [0.2, 0.25) is 0 Å². The van der Waals surface area contributed by atoms with Gasteiger partial charge < -0.3 is 4.74 Å². The molecule has 102 valence electrons. The summed E-state index contributed by atoms with van der Waals surface area (Å²) in [4.78, 5) is 23.7. The van der Waals surface area contributed by atoms with E-state index < -0.39 is 23.6 Å². The highest BCUT2D eigenvalue weighted by Gasteiger charge is 2.50. The van der Waals surface area contributed by atoms with E-state index in [1.807, 2.05) is 20.8 Å².